The minimum atomic E-state index is -1.72. The Balaban J connectivity index is 1.62. The summed E-state index contributed by atoms with van der Waals surface area (Å²) in [5.74, 6) is -1.62. The van der Waals surface area contributed by atoms with Gasteiger partial charge in [-0.3, -0.25) is 4.79 Å². The zero-order valence-corrected chi connectivity index (χ0v) is 22.9. The molecule has 2 aliphatic heterocycles. The number of ether oxygens (including phenoxy) is 4. The minimum absolute atomic E-state index is 0.0350. The van der Waals surface area contributed by atoms with Crippen molar-refractivity contribution in [2.45, 2.75) is 96.6 Å². The molecule has 0 aromatic rings. The van der Waals surface area contributed by atoms with Crippen molar-refractivity contribution in [3.05, 3.63) is 23.3 Å². The molecule has 2 fully saturated rings. The van der Waals surface area contributed by atoms with Crippen LogP contribution >= 0.6 is 0 Å². The molecule has 4 rings (SSSR count). The standard InChI is InChI=1S/C28H40O11/c1-14-18(37-15(2)30)12-28(4)17(25(35)39-26-23(33)22(32)21(31)19(13-29)38-26)6-5-7-20(28)27(14,3)10-8-16-9-11-36-24(16)34/h6,9,14,18-23,26,29,31-33H,5,7-8,10-13H2,1-4H3/t14-,18+,19-,20-,21-,22+,23-,26+,27+,28+/m1/s1. The number of carbonyl (C=O) groups excluding carboxylic acids is 3. The van der Waals surface area contributed by atoms with Crippen molar-refractivity contribution in [3.63, 3.8) is 0 Å². The third-order valence-electron chi connectivity index (χ3n) is 9.56. The Labute approximate surface area is 227 Å². The van der Waals surface area contributed by atoms with Gasteiger partial charge in [-0.1, -0.05) is 26.8 Å². The number of fused-ring (bicyclic) bond motifs is 1. The van der Waals surface area contributed by atoms with Crippen molar-refractivity contribution >= 4 is 17.9 Å². The van der Waals surface area contributed by atoms with Crippen molar-refractivity contribution < 1.29 is 53.8 Å². The number of aliphatic hydroxyl groups is 4. The summed E-state index contributed by atoms with van der Waals surface area (Å²) < 4.78 is 21.8. The molecule has 2 heterocycles. The topological polar surface area (TPSA) is 169 Å². The van der Waals surface area contributed by atoms with Gasteiger partial charge in [-0.15, -0.1) is 0 Å². The van der Waals surface area contributed by atoms with E-state index in [2.05, 4.69) is 6.92 Å². The summed E-state index contributed by atoms with van der Waals surface area (Å²) in [4.78, 5) is 37.8. The molecule has 11 heteroatoms. The van der Waals surface area contributed by atoms with Crippen LogP contribution in [-0.2, 0) is 33.3 Å². The van der Waals surface area contributed by atoms with E-state index in [1.807, 2.05) is 13.8 Å². The van der Waals surface area contributed by atoms with Crippen LogP contribution in [0.1, 0.15) is 59.8 Å². The van der Waals surface area contributed by atoms with E-state index in [0.29, 0.717) is 36.8 Å². The number of aliphatic hydroxyl groups excluding tert-OH is 4. The molecule has 4 N–H and O–H groups in total. The first-order valence-electron chi connectivity index (χ1n) is 13.6. The van der Waals surface area contributed by atoms with Crippen LogP contribution in [0.15, 0.2) is 23.3 Å². The van der Waals surface area contributed by atoms with Crippen molar-refractivity contribution in [1.82, 2.24) is 0 Å². The lowest BCUT2D eigenvalue weighted by Crippen LogP contribution is -2.60. The second kappa shape index (κ2) is 11.3. The van der Waals surface area contributed by atoms with Crippen LogP contribution < -0.4 is 0 Å². The fourth-order valence-electron chi connectivity index (χ4n) is 7.19. The minimum Gasteiger partial charge on any atom is -0.462 e. The maximum atomic E-state index is 13.6. The van der Waals surface area contributed by atoms with Crippen molar-refractivity contribution in [2.75, 3.05) is 13.2 Å². The highest BCUT2D eigenvalue weighted by molar-refractivity contribution is 5.91. The zero-order valence-electron chi connectivity index (χ0n) is 22.9. The average molecular weight is 553 g/mol. The summed E-state index contributed by atoms with van der Waals surface area (Å²) in [6.45, 7) is 7.06. The number of cyclic esters (lactones) is 1. The lowest BCUT2D eigenvalue weighted by Gasteiger charge is -2.59. The molecular formula is C28H40O11. The van der Waals surface area contributed by atoms with E-state index >= 15 is 0 Å². The average Bonchev–Trinajstić information content (AvgIpc) is 3.30. The summed E-state index contributed by atoms with van der Waals surface area (Å²) in [6.07, 6.45) is -1.88. The Morgan fingerprint density at radius 2 is 1.82 bits per heavy atom. The van der Waals surface area contributed by atoms with Gasteiger partial charge in [0.25, 0.3) is 0 Å². The molecule has 1 saturated heterocycles. The summed E-state index contributed by atoms with van der Waals surface area (Å²) in [5.41, 5.74) is -0.242. The fraction of sp³-hybridized carbons (Fsp3) is 0.750. The van der Waals surface area contributed by atoms with Crippen LogP contribution in [0.25, 0.3) is 0 Å². The monoisotopic (exact) mass is 552 g/mol. The Morgan fingerprint density at radius 3 is 2.44 bits per heavy atom. The number of rotatable bonds is 7. The first-order valence-corrected chi connectivity index (χ1v) is 13.6. The number of esters is 3. The van der Waals surface area contributed by atoms with Crippen LogP contribution in [0.5, 0.6) is 0 Å². The molecule has 0 amide bonds. The summed E-state index contributed by atoms with van der Waals surface area (Å²) in [6, 6.07) is 0. The molecule has 2 aliphatic carbocycles. The van der Waals surface area contributed by atoms with E-state index in [0.717, 1.165) is 6.42 Å². The van der Waals surface area contributed by atoms with Gasteiger partial charge in [-0.05, 0) is 55.4 Å². The highest BCUT2D eigenvalue weighted by Gasteiger charge is 2.60. The van der Waals surface area contributed by atoms with Gasteiger partial charge in [-0.2, -0.15) is 0 Å². The molecule has 39 heavy (non-hydrogen) atoms. The zero-order chi connectivity index (χ0) is 28.7. The number of allylic oxidation sites excluding steroid dienone is 1. The van der Waals surface area contributed by atoms with Gasteiger partial charge in [0.05, 0.1) is 6.61 Å². The summed E-state index contributed by atoms with van der Waals surface area (Å²) in [5, 5.41) is 40.1. The third-order valence-corrected chi connectivity index (χ3v) is 9.56. The van der Waals surface area contributed by atoms with Gasteiger partial charge in [0.1, 0.15) is 37.1 Å². The molecule has 10 atom stereocenters. The highest BCUT2D eigenvalue weighted by atomic mass is 16.7. The maximum absolute atomic E-state index is 13.6. The van der Waals surface area contributed by atoms with E-state index in [-0.39, 0.29) is 24.4 Å². The first-order chi connectivity index (χ1) is 18.3. The predicted molar refractivity (Wildman–Crippen MR) is 134 cm³/mol. The molecule has 1 saturated carbocycles. The lowest BCUT2D eigenvalue weighted by atomic mass is 9.46. The summed E-state index contributed by atoms with van der Waals surface area (Å²) >= 11 is 0. The van der Waals surface area contributed by atoms with Gasteiger partial charge < -0.3 is 39.4 Å². The largest absolute Gasteiger partial charge is 0.462 e. The van der Waals surface area contributed by atoms with E-state index in [4.69, 9.17) is 18.9 Å². The Kier molecular flexibility index (Phi) is 8.58. The van der Waals surface area contributed by atoms with Gasteiger partial charge >= 0.3 is 17.9 Å². The molecular weight excluding hydrogens is 512 g/mol. The van der Waals surface area contributed by atoms with Crippen molar-refractivity contribution in [3.8, 4) is 0 Å². The quantitative estimate of drug-likeness (QED) is 0.262. The second-order valence-electron chi connectivity index (χ2n) is 11.7. The van der Waals surface area contributed by atoms with E-state index in [1.165, 1.54) is 6.92 Å². The van der Waals surface area contributed by atoms with Crippen molar-refractivity contribution in [2.24, 2.45) is 22.7 Å². The first kappa shape index (κ1) is 29.7. The van der Waals surface area contributed by atoms with Gasteiger partial charge in [0, 0.05) is 23.5 Å². The molecule has 0 unspecified atom stereocenters. The molecule has 0 radical (unpaired) electrons. The smallest absolute Gasteiger partial charge is 0.336 e. The lowest BCUT2D eigenvalue weighted by molar-refractivity contribution is -0.292. The van der Waals surface area contributed by atoms with Gasteiger partial charge in [0.15, 0.2) is 0 Å². The molecule has 4 aliphatic rings. The van der Waals surface area contributed by atoms with Crippen molar-refractivity contribution in [1.29, 1.82) is 0 Å². The van der Waals surface area contributed by atoms with Gasteiger partial charge in [0.2, 0.25) is 6.29 Å². The molecule has 218 valence electrons. The molecule has 11 nitrogen and oxygen atoms in total. The normalized spacial score (nSPS) is 42.1. The van der Waals surface area contributed by atoms with E-state index < -0.39 is 66.2 Å². The molecule has 0 spiro atoms. The fourth-order valence-corrected chi connectivity index (χ4v) is 7.19. The van der Waals surface area contributed by atoms with Crippen LogP contribution in [-0.4, -0.2) is 88.4 Å². The SMILES string of the molecule is CC(=O)O[C@H]1C[C@@]2(C)C(C(=O)O[C@@H]3O[C@H](CO)[C@@H](O)[C@H](O)[C@H]3O)=CCC[C@@H]2[C@@](C)(CCC2=CCOC2=O)[C@@H]1C. The molecule has 0 aromatic heterocycles. The molecule has 0 bridgehead atoms. The van der Waals surface area contributed by atoms with Crippen LogP contribution in [0, 0.1) is 22.7 Å². The third kappa shape index (κ3) is 5.39. The van der Waals surface area contributed by atoms with E-state index in [1.54, 1.807) is 12.2 Å². The number of carbonyl (C=O) groups is 3. The Bertz CT molecular complexity index is 1030. The van der Waals surface area contributed by atoms with E-state index in [9.17, 15) is 34.8 Å². The van der Waals surface area contributed by atoms with Crippen LogP contribution in [0.2, 0.25) is 0 Å². The number of hydrogen-bond donors (Lipinski definition) is 4. The Morgan fingerprint density at radius 1 is 1.10 bits per heavy atom. The molecule has 0 aromatic carbocycles. The maximum Gasteiger partial charge on any atom is 0.336 e. The predicted octanol–water partition coefficient (Wildman–Crippen LogP) is 0.913. The number of hydrogen-bond acceptors (Lipinski definition) is 11. The Hall–Kier alpha value is -2.31. The summed E-state index contributed by atoms with van der Waals surface area (Å²) in [7, 11) is 0. The highest BCUT2D eigenvalue weighted by Crippen LogP contribution is 2.63. The second-order valence-corrected chi connectivity index (χ2v) is 11.7. The van der Waals surface area contributed by atoms with Crippen LogP contribution in [0.3, 0.4) is 0 Å². The van der Waals surface area contributed by atoms with Gasteiger partial charge in [-0.25, -0.2) is 9.59 Å². The van der Waals surface area contributed by atoms with Crippen LogP contribution in [0.4, 0.5) is 0 Å².